The van der Waals surface area contributed by atoms with Gasteiger partial charge < -0.3 is 138 Å². The first-order valence-electron chi connectivity index (χ1n) is 47.3. The molecule has 0 aliphatic rings. The van der Waals surface area contributed by atoms with E-state index in [0.717, 1.165) is 248 Å². The minimum Gasteiger partial charge on any atom is -1.00 e. The molecule has 12 aromatic rings. The van der Waals surface area contributed by atoms with Gasteiger partial charge in [0.15, 0.2) is 0 Å². The highest BCUT2D eigenvalue weighted by molar-refractivity contribution is 5.58. The lowest BCUT2D eigenvalue weighted by Gasteiger charge is -2.40. The Balaban J connectivity index is 0.000000681. The molecule has 764 valence electrons. The van der Waals surface area contributed by atoms with Gasteiger partial charge in [0.05, 0.1) is 211 Å². The molecule has 40 heteroatoms. The molecule has 0 spiro atoms. The van der Waals surface area contributed by atoms with Crippen molar-refractivity contribution in [3.8, 4) is 0 Å². The molecule has 0 aliphatic carbocycles. The maximum absolute atomic E-state index is 4.52. The van der Waals surface area contributed by atoms with E-state index in [0.29, 0.717) is 0 Å². The first-order chi connectivity index (χ1) is 63.9. The number of aromatic nitrogens is 12. The molecule has 6 aromatic heterocycles. The summed E-state index contributed by atoms with van der Waals surface area (Å²) < 4.78 is 25.8. The SMILES string of the molecule is CCN(CCC[N+](CC)(CCCN(CC)c1ccc(N=Nc2n(C)cc[n+]2C)cc1)CCCN(CC)c1ccc(N=Nc2n(C)cc[n+]2C)cc1)c1ccc(N=Nc2n(C)cc[n+]2C)cc1.CCN(CCC[N+](CC)(CCCN(CC)c1ccc(N=Nc2n(C)cc[n+]2C)cc1)CCCN(CC)c1ccc(N=Nc2n(C)cc[n+]2C)cc1)c1ccc(N=Nc2n(C)cc[n+]2C)cc1.[Cl-].[Cl-].[Cl-].[Cl-].[Cl-].[Cl-].[Cl-].[Cl-]. The molecule has 140 heavy (non-hydrogen) atoms. The number of nitrogens with zero attached hydrogens (tertiary/aromatic N) is 32. The van der Waals surface area contributed by atoms with E-state index in [2.05, 4.69) is 292 Å². The highest BCUT2D eigenvalue weighted by atomic mass is 35.5. The number of aryl methyl sites for hydroxylation is 12. The van der Waals surface area contributed by atoms with E-state index in [4.69, 9.17) is 0 Å². The topological polar surface area (TPSA) is 221 Å². The maximum atomic E-state index is 4.52. The van der Waals surface area contributed by atoms with Gasteiger partial charge in [-0.2, -0.15) is 0 Å². The predicted molar refractivity (Wildman–Crippen MR) is 529 cm³/mol. The zero-order valence-electron chi connectivity index (χ0n) is 85.5. The first kappa shape index (κ1) is 123. The summed E-state index contributed by atoms with van der Waals surface area (Å²) in [7, 11) is 23.7. The quantitative estimate of drug-likeness (QED) is 0.0206. The molecule has 0 fully saturated rings. The second-order valence-electron chi connectivity index (χ2n) is 34.5. The van der Waals surface area contributed by atoms with Crippen molar-refractivity contribution in [2.45, 2.75) is 93.9 Å². The molecule has 6 heterocycles. The van der Waals surface area contributed by atoms with E-state index >= 15 is 0 Å². The van der Waals surface area contributed by atoms with Crippen LogP contribution in [0.4, 0.5) is 104 Å². The summed E-state index contributed by atoms with van der Waals surface area (Å²) in [5, 5.41) is 54.1. The van der Waals surface area contributed by atoms with Crippen LogP contribution >= 0.6 is 0 Å². The summed E-state index contributed by atoms with van der Waals surface area (Å²) in [5.41, 5.74) is 12.4. The van der Waals surface area contributed by atoms with Crippen molar-refractivity contribution < 1.29 is 136 Å². The van der Waals surface area contributed by atoms with Gasteiger partial charge in [0.1, 0.15) is 34.1 Å². The third-order valence-electron chi connectivity index (χ3n) is 25.7. The number of hydrogen-bond donors (Lipinski definition) is 0. The third-order valence-corrected chi connectivity index (χ3v) is 25.7. The molecule has 0 N–H and O–H groups in total. The van der Waals surface area contributed by atoms with E-state index in [1.54, 1.807) is 0 Å². The number of quaternary nitrogens is 2. The second-order valence-corrected chi connectivity index (χ2v) is 34.5. The fraction of sp³-hybridized carbons (Fsp3) is 0.460. The number of hydrogen-bond acceptors (Lipinski definition) is 18. The normalized spacial score (nSPS) is 12.1. The van der Waals surface area contributed by atoms with Crippen LogP contribution in [0, 0.1) is 0 Å². The Morgan fingerprint density at radius 2 is 0.336 bits per heavy atom. The van der Waals surface area contributed by atoms with Crippen LogP contribution in [0.2, 0.25) is 0 Å². The van der Waals surface area contributed by atoms with Crippen molar-refractivity contribution in [3.63, 3.8) is 0 Å². The molecule has 0 bridgehead atoms. The predicted octanol–water partition coefficient (Wildman–Crippen LogP) is -5.35. The van der Waals surface area contributed by atoms with Crippen LogP contribution in [0.15, 0.2) is 281 Å². The molecular formula is C100H148Cl8N32. The summed E-state index contributed by atoms with van der Waals surface area (Å²) in [6, 6.07) is 51.0. The Morgan fingerprint density at radius 1 is 0.207 bits per heavy atom. The number of halogens is 8. The molecular weight excluding hydrogens is 1930 g/mol. The number of azo groups is 6. The lowest BCUT2D eigenvalue weighted by molar-refractivity contribution is -0.926. The first-order valence-corrected chi connectivity index (χ1v) is 47.3. The lowest BCUT2D eigenvalue weighted by Crippen LogP contribution is -3.00. The van der Waals surface area contributed by atoms with Crippen LogP contribution in [0.5, 0.6) is 0 Å². The van der Waals surface area contributed by atoms with E-state index in [1.165, 1.54) is 34.1 Å². The zero-order valence-corrected chi connectivity index (χ0v) is 91.6. The minimum atomic E-state index is 0. The molecule has 6 aromatic carbocycles. The van der Waals surface area contributed by atoms with Gasteiger partial charge in [0, 0.05) is 182 Å². The molecule has 0 saturated carbocycles. The standard InChI is InChI=1S/2C50H74N16.8ClH/c2*1-11-63(45-24-18-42(19-25-45)51-54-48-57(5)33-34-58(48)6)30-15-39-66(14-4,40-16-31-64(12-2)46-26-20-43(21-27-46)52-55-49-59(7)35-36-60(49)8)41-17-32-65(13-3)47-28-22-44(23-29-47)53-56-50-61(9)37-38-62(50)10;;;;;;;;/h2*18-29,33-38H,11-17,30-32,39-41H2,1-10H3;8*1H/q2*+4;;;;;;;;/p-8. The molecule has 0 saturated heterocycles. The van der Waals surface area contributed by atoms with Gasteiger partial charge in [0.2, 0.25) is 0 Å². The largest absolute Gasteiger partial charge is 1.00 e. The van der Waals surface area contributed by atoms with Crippen molar-refractivity contribution in [1.82, 2.24) is 27.4 Å². The van der Waals surface area contributed by atoms with Crippen LogP contribution in [-0.2, 0) is 84.6 Å². The van der Waals surface area contributed by atoms with E-state index in [1.807, 2.05) is 214 Å². The van der Waals surface area contributed by atoms with E-state index in [9.17, 15) is 0 Å². The minimum absolute atomic E-state index is 0. The fourth-order valence-electron chi connectivity index (χ4n) is 17.4. The van der Waals surface area contributed by atoms with Crippen LogP contribution < -0.4 is 156 Å². The number of rotatable bonds is 50. The van der Waals surface area contributed by atoms with E-state index in [-0.39, 0.29) is 99.3 Å². The summed E-state index contributed by atoms with van der Waals surface area (Å²) in [4.78, 5) is 15.0. The zero-order chi connectivity index (χ0) is 94.1. The Hall–Kier alpha value is -10.8. The van der Waals surface area contributed by atoms with Gasteiger partial charge in [0.25, 0.3) is 0 Å². The lowest BCUT2D eigenvalue weighted by atomic mass is 10.1. The average Bonchev–Trinajstić information content (AvgIpc) is 1.71. The fourth-order valence-corrected chi connectivity index (χ4v) is 17.4. The Bertz CT molecular complexity index is 4720. The van der Waals surface area contributed by atoms with Gasteiger partial charge in [-0.25, -0.2) is 54.8 Å². The molecule has 0 aliphatic heterocycles. The van der Waals surface area contributed by atoms with Crippen LogP contribution in [0.25, 0.3) is 0 Å². The monoisotopic (exact) mass is 2080 g/mol. The number of anilines is 6. The molecule has 0 radical (unpaired) electrons. The summed E-state index contributed by atoms with van der Waals surface area (Å²) >= 11 is 0. The molecule has 32 nitrogen and oxygen atoms in total. The van der Waals surface area contributed by atoms with Gasteiger partial charge in [-0.05, 0) is 201 Å². The molecule has 0 atom stereocenters. The van der Waals surface area contributed by atoms with Crippen molar-refractivity contribution in [1.29, 1.82) is 0 Å². The molecule has 12 rings (SSSR count). The van der Waals surface area contributed by atoms with Gasteiger partial charge in [-0.15, -0.1) is 0 Å². The van der Waals surface area contributed by atoms with Crippen LogP contribution in [0.3, 0.4) is 0 Å². The van der Waals surface area contributed by atoms with Gasteiger partial charge >= 0.3 is 35.7 Å². The number of benzene rings is 6. The Kier molecular flexibility index (Phi) is 54.5. The Morgan fingerprint density at radius 3 is 0.436 bits per heavy atom. The molecule has 0 amide bonds. The highest BCUT2D eigenvalue weighted by Gasteiger charge is 2.29. The van der Waals surface area contributed by atoms with Gasteiger partial charge in [-0.3, -0.25) is 0 Å². The van der Waals surface area contributed by atoms with Crippen LogP contribution in [0.1, 0.15) is 93.9 Å². The second kappa shape index (κ2) is 61.8. The average molecular weight is 2080 g/mol. The van der Waals surface area contributed by atoms with Crippen LogP contribution in [-0.4, -0.2) is 167 Å². The highest BCUT2D eigenvalue weighted by Crippen LogP contribution is 2.31. The van der Waals surface area contributed by atoms with E-state index < -0.39 is 0 Å². The third kappa shape index (κ3) is 34.8. The van der Waals surface area contributed by atoms with Crippen molar-refractivity contribution in [3.05, 3.63) is 220 Å². The van der Waals surface area contributed by atoms with Crippen molar-refractivity contribution in [2.24, 2.45) is 146 Å². The maximum Gasteiger partial charge on any atom is 0.421 e. The summed E-state index contributed by atoms with van der Waals surface area (Å²) in [6.45, 7) is 38.9. The Labute approximate surface area is 880 Å². The summed E-state index contributed by atoms with van der Waals surface area (Å²) in [6.07, 6.45) is 30.4. The van der Waals surface area contributed by atoms with Crippen molar-refractivity contribution in [2.75, 3.05) is 160 Å². The number of imidazole rings is 6. The van der Waals surface area contributed by atoms with Gasteiger partial charge in [-0.1, -0.05) is 30.7 Å². The van der Waals surface area contributed by atoms with Crippen molar-refractivity contribution >= 4 is 104 Å². The summed E-state index contributed by atoms with van der Waals surface area (Å²) in [5.74, 6) is 4.80. The molecule has 0 unspecified atom stereocenters. The smallest absolute Gasteiger partial charge is 0.421 e.